The van der Waals surface area contributed by atoms with Gasteiger partial charge in [-0.15, -0.1) is 22.8 Å². The number of allylic oxidation sites excluding steroid dienone is 8. The number of nitrogens with zero attached hydrogens (tertiary/aromatic N) is 8. The molecule has 4 aromatic rings. The maximum Gasteiger partial charge on any atom is 2.00 e. The van der Waals surface area contributed by atoms with Gasteiger partial charge in [-0.1, -0.05) is 123 Å². The van der Waals surface area contributed by atoms with Crippen LogP contribution in [-0.2, 0) is 59.2 Å². The first-order chi connectivity index (χ1) is 35.5. The van der Waals surface area contributed by atoms with E-state index in [2.05, 4.69) is 155 Å². The fourth-order valence-electron chi connectivity index (χ4n) is 11.6. The van der Waals surface area contributed by atoms with Crippen LogP contribution in [0, 0.1) is 41.5 Å². The van der Waals surface area contributed by atoms with Crippen molar-refractivity contribution < 1.29 is 33.6 Å². The predicted octanol–water partition coefficient (Wildman–Crippen LogP) is 16.3. The van der Waals surface area contributed by atoms with Crippen LogP contribution >= 0.6 is 0 Å². The van der Waals surface area contributed by atoms with E-state index in [0.717, 1.165) is 96.9 Å². The molecule has 8 rings (SSSR count). The van der Waals surface area contributed by atoms with Gasteiger partial charge in [0, 0.05) is 23.9 Å². The molecule has 0 fully saturated rings. The Bertz CT molecular complexity index is 2950. The Morgan fingerprint density at radius 2 is 0.750 bits per heavy atom. The summed E-state index contributed by atoms with van der Waals surface area (Å²) in [5, 5.41) is 0. The zero-order valence-electron chi connectivity index (χ0n) is 48.8. The molecule has 4 aromatic heterocycles. The van der Waals surface area contributed by atoms with Gasteiger partial charge in [0.25, 0.3) is 0 Å². The van der Waals surface area contributed by atoms with E-state index < -0.39 is 0 Å². The molecule has 0 saturated heterocycles. The van der Waals surface area contributed by atoms with Crippen LogP contribution in [0.2, 0.25) is 0 Å². The number of aromatic nitrogens is 4. The van der Waals surface area contributed by atoms with Crippen molar-refractivity contribution in [1.82, 2.24) is 19.9 Å². The zero-order chi connectivity index (χ0) is 53.4. The van der Waals surface area contributed by atoms with Crippen molar-refractivity contribution in [1.29, 1.82) is 0 Å². The molecule has 0 unspecified atom stereocenters. The monoisotopic (exact) mass is 1110 g/mol. The first-order valence-electron chi connectivity index (χ1n) is 27.8. The molecule has 76 heavy (non-hydrogen) atoms. The van der Waals surface area contributed by atoms with E-state index in [-0.39, 0.29) is 33.6 Å². The van der Waals surface area contributed by atoms with Crippen LogP contribution < -0.4 is 19.9 Å². The second-order valence-electron chi connectivity index (χ2n) is 21.1. The minimum atomic E-state index is 0. The third kappa shape index (κ3) is 13.9. The molecule has 406 valence electrons. The Balaban J connectivity index is 0.000000274. The van der Waals surface area contributed by atoms with Gasteiger partial charge in [-0.05, 0) is 191 Å². The Labute approximate surface area is 477 Å². The first kappa shape index (κ1) is 61.6. The maximum atomic E-state index is 4.90. The molecule has 0 bridgehead atoms. The summed E-state index contributed by atoms with van der Waals surface area (Å²) >= 11 is 0. The van der Waals surface area contributed by atoms with E-state index in [1.165, 1.54) is 150 Å². The SMILES string of the molecule is CCC1=C(C)C=N/C1=C/c1[n-]c(C)c(CCCCCC2=C(C)/C(=C/c3[n-]cc(C)c3CC)N=C2C)c1C.CCC1=C(C)C=N/C1=C/c1[n-]c(C)c(CCCCCC2=C(C)/C(=C/c3[n-]cc(C)c3CC)N=C2C)c1C.[Co+2].[Co+2]. The van der Waals surface area contributed by atoms with E-state index in [0.29, 0.717) is 0 Å². The summed E-state index contributed by atoms with van der Waals surface area (Å²) in [4.78, 5) is 38.1. The zero-order valence-corrected chi connectivity index (χ0v) is 50.8. The molecule has 0 N–H and O–H groups in total. The van der Waals surface area contributed by atoms with Crippen molar-refractivity contribution in [2.24, 2.45) is 20.0 Å². The van der Waals surface area contributed by atoms with Gasteiger partial charge in [0.05, 0.1) is 22.8 Å². The van der Waals surface area contributed by atoms with Crippen LogP contribution in [0.15, 0.2) is 99.7 Å². The molecule has 4 aliphatic heterocycles. The molecule has 8 heterocycles. The molecule has 0 aliphatic carbocycles. The average molecular weight is 1110 g/mol. The van der Waals surface area contributed by atoms with Crippen molar-refractivity contribution in [2.45, 2.75) is 201 Å². The number of aliphatic imine (C=N–C) groups is 4. The number of hydrogen-bond acceptors (Lipinski definition) is 4. The third-order valence-corrected chi connectivity index (χ3v) is 16.2. The summed E-state index contributed by atoms with van der Waals surface area (Å²) in [6.07, 6.45) is 32.1. The van der Waals surface area contributed by atoms with Crippen molar-refractivity contribution in [3.63, 3.8) is 0 Å². The van der Waals surface area contributed by atoms with Gasteiger partial charge < -0.3 is 19.9 Å². The maximum absolute atomic E-state index is 4.90. The molecule has 0 atom stereocenters. The van der Waals surface area contributed by atoms with E-state index in [1.807, 2.05) is 24.8 Å². The van der Waals surface area contributed by atoms with Crippen molar-refractivity contribution in [3.8, 4) is 0 Å². The number of unbranched alkanes of at least 4 members (excludes halogenated alkanes) is 4. The van der Waals surface area contributed by atoms with Gasteiger partial charge in [-0.25, -0.2) is 0 Å². The van der Waals surface area contributed by atoms with Gasteiger partial charge in [-0.2, -0.15) is 23.8 Å². The molecule has 4 aliphatic rings. The second-order valence-corrected chi connectivity index (χ2v) is 21.1. The second kappa shape index (κ2) is 27.9. The smallest absolute Gasteiger partial charge is 0.664 e. The molecule has 2 radical (unpaired) electrons. The van der Waals surface area contributed by atoms with Crippen molar-refractivity contribution in [3.05, 3.63) is 158 Å². The van der Waals surface area contributed by atoms with Crippen LogP contribution in [0.3, 0.4) is 0 Å². The van der Waals surface area contributed by atoms with Crippen molar-refractivity contribution >= 4 is 48.2 Å². The summed E-state index contributed by atoms with van der Waals surface area (Å²) in [5.74, 6) is 0. The predicted molar refractivity (Wildman–Crippen MR) is 317 cm³/mol. The van der Waals surface area contributed by atoms with Crippen LogP contribution in [-0.4, -0.2) is 23.9 Å². The van der Waals surface area contributed by atoms with Crippen LogP contribution in [0.5, 0.6) is 0 Å². The van der Waals surface area contributed by atoms with Gasteiger partial charge in [0.15, 0.2) is 0 Å². The minimum absolute atomic E-state index is 0. The van der Waals surface area contributed by atoms with Gasteiger partial charge in [-0.3, -0.25) is 20.0 Å². The van der Waals surface area contributed by atoms with E-state index in [9.17, 15) is 0 Å². The molecule has 10 heteroatoms. The Morgan fingerprint density at radius 3 is 1.11 bits per heavy atom. The molecule has 0 spiro atoms. The largest absolute Gasteiger partial charge is 2.00 e. The minimum Gasteiger partial charge on any atom is -0.664 e. The van der Waals surface area contributed by atoms with E-state index in [4.69, 9.17) is 20.0 Å². The van der Waals surface area contributed by atoms with Gasteiger partial charge in [0.1, 0.15) is 0 Å². The topological polar surface area (TPSA) is 106 Å². The Hall–Kier alpha value is -5.27. The standard InChI is InChI=1S/2C33H42N4.2Co/c2*1-9-26-20(3)18-34-32(26)16-30-22(5)28(24(7)36-30)14-12-11-13-15-29-23(6)31(37-25(29)8)17-33-27(10-2)21(4)19-35-33;;/h2*16-19H,9-15H2,1-8H3;;/q2*-2;2*+2/b2*30-16-,33-17+;;. The van der Waals surface area contributed by atoms with Gasteiger partial charge >= 0.3 is 33.6 Å². The van der Waals surface area contributed by atoms with Crippen LogP contribution in [0.25, 0.3) is 24.3 Å². The van der Waals surface area contributed by atoms with Crippen LogP contribution in [0.4, 0.5) is 0 Å². The van der Waals surface area contributed by atoms with E-state index >= 15 is 0 Å². The summed E-state index contributed by atoms with van der Waals surface area (Å²) < 4.78 is 0. The molecule has 0 saturated carbocycles. The normalized spacial score (nSPS) is 17.4. The summed E-state index contributed by atoms with van der Waals surface area (Å²) in [6, 6.07) is 0. The average Bonchev–Trinajstić information content (AvgIpc) is 4.27. The Morgan fingerprint density at radius 1 is 0.395 bits per heavy atom. The fourth-order valence-corrected chi connectivity index (χ4v) is 11.6. The van der Waals surface area contributed by atoms with E-state index in [1.54, 1.807) is 0 Å². The number of rotatable bonds is 20. The first-order valence-corrected chi connectivity index (χ1v) is 27.8. The summed E-state index contributed by atoms with van der Waals surface area (Å²) in [7, 11) is 0. The third-order valence-electron chi connectivity index (χ3n) is 16.2. The molecule has 0 amide bonds. The van der Waals surface area contributed by atoms with Gasteiger partial charge in [0.2, 0.25) is 0 Å². The molecular weight excluding hydrogens is 1020 g/mol. The van der Waals surface area contributed by atoms with Crippen molar-refractivity contribution in [2.75, 3.05) is 0 Å². The number of aryl methyl sites for hydroxylation is 4. The Kier molecular flexibility index (Phi) is 22.6. The quantitative estimate of drug-likeness (QED) is 0.0822. The molecule has 0 aromatic carbocycles. The molecule has 8 nitrogen and oxygen atoms in total. The summed E-state index contributed by atoms with van der Waals surface area (Å²) in [5.41, 5.74) is 34.6. The molecular formula is C66H84Co2N8. The van der Waals surface area contributed by atoms with Crippen LogP contribution in [0.1, 0.15) is 212 Å². The number of hydrogen-bond donors (Lipinski definition) is 0. The summed E-state index contributed by atoms with van der Waals surface area (Å²) in [6.45, 7) is 34.8. The fraction of sp³-hybridized carbons (Fsp3) is 0.455.